The third-order valence-electron chi connectivity index (χ3n) is 8.91. The Morgan fingerprint density at radius 1 is 0.635 bits per heavy atom. The smallest absolute Gasteiger partial charge is 0.480 e. The van der Waals surface area contributed by atoms with Gasteiger partial charge >= 0.3 is 18.7 Å². The van der Waals surface area contributed by atoms with E-state index in [1.807, 2.05) is 0 Å². The van der Waals surface area contributed by atoms with Gasteiger partial charge in [0.2, 0.25) is 5.91 Å². The van der Waals surface area contributed by atoms with E-state index in [2.05, 4.69) is 9.47 Å². The first-order valence-corrected chi connectivity index (χ1v) is 21.6. The first-order valence-electron chi connectivity index (χ1n) is 18.0. The van der Waals surface area contributed by atoms with E-state index in [9.17, 15) is 57.2 Å². The Hall–Kier alpha value is -5.77. The lowest BCUT2D eigenvalue weighted by Gasteiger charge is -2.30. The maximum absolute atomic E-state index is 13.6. The second-order valence-electron chi connectivity index (χ2n) is 13.2. The summed E-state index contributed by atoms with van der Waals surface area (Å²) in [7, 11) is -8.73. The molecule has 1 amide bonds. The van der Waals surface area contributed by atoms with Crippen LogP contribution in [0.2, 0.25) is 10.0 Å². The van der Waals surface area contributed by atoms with E-state index in [-0.39, 0.29) is 22.3 Å². The van der Waals surface area contributed by atoms with Gasteiger partial charge in [-0.25, -0.2) is 21.2 Å². The minimum Gasteiger partial charge on any atom is -0.480 e. The second kappa shape index (κ2) is 19.7. The number of hydrogen-bond donors (Lipinski definition) is 1. The molecule has 12 nitrogen and oxygen atoms in total. The van der Waals surface area contributed by atoms with Gasteiger partial charge in [0.15, 0.2) is 0 Å². The summed E-state index contributed by atoms with van der Waals surface area (Å²) >= 11 is 11.7. The van der Waals surface area contributed by atoms with Crippen LogP contribution in [0.5, 0.6) is 11.5 Å². The Balaban J connectivity index is 0.000000253. The zero-order valence-corrected chi connectivity index (χ0v) is 35.1. The number of halogens is 9. The van der Waals surface area contributed by atoms with Gasteiger partial charge in [-0.15, -0.1) is 26.3 Å². The van der Waals surface area contributed by atoms with Crippen LogP contribution in [0.4, 0.5) is 42.1 Å². The molecule has 23 heteroatoms. The highest BCUT2D eigenvalue weighted by Gasteiger charge is 2.36. The first kappa shape index (κ1) is 48.3. The molecule has 1 atom stereocenters. The number of alkyl halides is 6. The fourth-order valence-corrected chi connectivity index (χ4v) is 9.24. The molecule has 5 aromatic rings. The fourth-order valence-electron chi connectivity index (χ4n) is 6.16. The molecule has 1 aliphatic rings. The predicted molar refractivity (Wildman–Crippen MR) is 216 cm³/mol. The molecule has 1 unspecified atom stereocenters. The van der Waals surface area contributed by atoms with E-state index in [0.717, 1.165) is 58.4 Å². The number of sulfonamides is 2. The van der Waals surface area contributed by atoms with Gasteiger partial charge in [0, 0.05) is 16.6 Å². The maximum atomic E-state index is 13.6. The minimum absolute atomic E-state index is 0.0346. The van der Waals surface area contributed by atoms with Crippen LogP contribution < -0.4 is 18.1 Å². The van der Waals surface area contributed by atoms with Crippen molar-refractivity contribution in [1.29, 1.82) is 0 Å². The van der Waals surface area contributed by atoms with Gasteiger partial charge in [0.25, 0.3) is 20.0 Å². The Morgan fingerprint density at radius 3 is 1.41 bits per heavy atom. The van der Waals surface area contributed by atoms with E-state index >= 15 is 0 Å². The molecule has 0 bridgehead atoms. The normalized spacial score (nSPS) is 14.3. The molecule has 63 heavy (non-hydrogen) atoms. The number of likely N-dealkylation sites (tertiary alicyclic amines) is 1. The summed E-state index contributed by atoms with van der Waals surface area (Å²) in [5.74, 6) is -3.50. The summed E-state index contributed by atoms with van der Waals surface area (Å²) in [4.78, 5) is 25.3. The number of carboxylic acid groups (broad SMARTS) is 1. The average Bonchev–Trinajstić information content (AvgIpc) is 3.70. The zero-order valence-electron chi connectivity index (χ0n) is 31.9. The van der Waals surface area contributed by atoms with Gasteiger partial charge in [0.05, 0.1) is 27.2 Å². The number of nitrogens with zero attached hydrogens (tertiary/aromatic N) is 3. The van der Waals surface area contributed by atoms with Crippen molar-refractivity contribution < 1.29 is 71.7 Å². The van der Waals surface area contributed by atoms with Gasteiger partial charge in [-0.05, 0) is 128 Å². The van der Waals surface area contributed by atoms with Crippen molar-refractivity contribution in [3.63, 3.8) is 0 Å². The van der Waals surface area contributed by atoms with Crippen molar-refractivity contribution in [1.82, 2.24) is 4.90 Å². The molecular formula is C40H32Cl2F7N3O9S2. The van der Waals surface area contributed by atoms with Crippen molar-refractivity contribution in [3.8, 4) is 11.5 Å². The molecule has 1 aliphatic heterocycles. The van der Waals surface area contributed by atoms with Gasteiger partial charge in [-0.2, -0.15) is 0 Å². The lowest BCUT2D eigenvalue weighted by Crippen LogP contribution is -2.42. The number of carbonyl (C=O) groups is 2. The molecule has 5 aromatic carbocycles. The predicted octanol–water partition coefficient (Wildman–Crippen LogP) is 9.46. The third-order valence-corrected chi connectivity index (χ3v) is 13.0. The van der Waals surface area contributed by atoms with Crippen molar-refractivity contribution in [2.45, 2.75) is 41.4 Å². The Kier molecular flexibility index (Phi) is 15.1. The zero-order chi connectivity index (χ0) is 46.3. The largest absolute Gasteiger partial charge is 0.573 e. The monoisotopic (exact) mass is 965 g/mol. The van der Waals surface area contributed by atoms with Crippen LogP contribution in [0, 0.1) is 5.82 Å². The minimum atomic E-state index is -4.93. The number of carbonyl (C=O) groups excluding carboxylic acids is 1. The highest BCUT2D eigenvalue weighted by molar-refractivity contribution is 7.93. The highest BCUT2D eigenvalue weighted by Crippen LogP contribution is 2.34. The number of anilines is 2. The molecule has 1 fully saturated rings. The maximum Gasteiger partial charge on any atom is 0.573 e. The molecule has 0 saturated carbocycles. The molecule has 336 valence electrons. The lowest BCUT2D eigenvalue weighted by molar-refractivity contribution is -0.275. The molecule has 1 N–H and O–H groups in total. The number of rotatable bonds is 13. The number of benzene rings is 5. The second-order valence-corrected chi connectivity index (χ2v) is 17.8. The number of ether oxygens (including phenoxy) is 2. The lowest BCUT2D eigenvalue weighted by atomic mass is 10.0. The number of aliphatic carboxylic acids is 1. The number of carboxylic acids is 1. The molecule has 0 aromatic heterocycles. The standard InChI is InChI=1S/C25H21ClF4N2O4S.C15H11ClF3NO5S/c26-18-5-9-20(10-6-18)32(37(34,35)22-13-11-21(12-14-22)36-25(28,29)30)16-24(33)31-15-1-2-23(31)17-3-7-19(27)8-4-17;16-10-1-3-11(4-2-10)20(9-14(21)22)26(23,24)13-7-5-12(6-8-13)25-15(17,18)19/h3-14,23H,1-2,15-16H2;1-8H,9H2,(H,21,22). The molecule has 1 heterocycles. The molecular weight excluding hydrogens is 934 g/mol. The third kappa shape index (κ3) is 13.1. The van der Waals surface area contributed by atoms with Crippen molar-refractivity contribution in [3.05, 3.63) is 143 Å². The fraction of sp³-hybridized carbons (Fsp3) is 0.200. The molecule has 0 spiro atoms. The number of amides is 1. The van der Waals surface area contributed by atoms with Gasteiger partial charge in [-0.1, -0.05) is 35.3 Å². The molecule has 0 aliphatic carbocycles. The van der Waals surface area contributed by atoms with E-state index in [1.165, 1.54) is 60.7 Å². The van der Waals surface area contributed by atoms with Gasteiger partial charge < -0.3 is 19.5 Å². The van der Waals surface area contributed by atoms with E-state index in [0.29, 0.717) is 33.7 Å². The molecule has 0 radical (unpaired) electrons. The topological polar surface area (TPSA) is 151 Å². The summed E-state index contributed by atoms with van der Waals surface area (Å²) in [6.07, 6.45) is -8.54. The summed E-state index contributed by atoms with van der Waals surface area (Å²) in [5.41, 5.74) is 0.909. The summed E-state index contributed by atoms with van der Waals surface area (Å²) in [5, 5.41) is 9.66. The Morgan fingerprint density at radius 2 is 1.03 bits per heavy atom. The molecule has 6 rings (SSSR count). The van der Waals surface area contributed by atoms with Gasteiger partial charge in [0.1, 0.15) is 30.4 Å². The number of hydrogen-bond acceptors (Lipinski definition) is 8. The summed E-state index contributed by atoms with van der Waals surface area (Å²) < 4.78 is 149. The van der Waals surface area contributed by atoms with Crippen LogP contribution in [-0.2, 0) is 29.6 Å². The van der Waals surface area contributed by atoms with Gasteiger partial charge in [-0.3, -0.25) is 18.2 Å². The van der Waals surface area contributed by atoms with Crippen LogP contribution >= 0.6 is 23.2 Å². The van der Waals surface area contributed by atoms with E-state index in [4.69, 9.17) is 28.3 Å². The quantitative estimate of drug-likeness (QED) is 0.114. The SMILES string of the molecule is O=C(CN(c1ccc(Cl)cc1)S(=O)(=O)c1ccc(OC(F)(F)F)cc1)N1CCCC1c1ccc(F)cc1.O=C(O)CN(c1ccc(Cl)cc1)S(=O)(=O)c1ccc(OC(F)(F)F)cc1. The van der Waals surface area contributed by atoms with E-state index in [1.54, 1.807) is 17.0 Å². The van der Waals surface area contributed by atoms with Crippen LogP contribution in [0.1, 0.15) is 24.4 Å². The van der Waals surface area contributed by atoms with Crippen molar-refractivity contribution in [2.24, 2.45) is 0 Å². The van der Waals surface area contributed by atoms with Crippen LogP contribution in [-0.4, -0.2) is 71.1 Å². The van der Waals surface area contributed by atoms with Crippen LogP contribution in [0.15, 0.2) is 131 Å². The first-order chi connectivity index (χ1) is 29.4. The Labute approximate surface area is 365 Å². The average molecular weight is 967 g/mol. The van der Waals surface area contributed by atoms with Crippen LogP contribution in [0.3, 0.4) is 0 Å². The summed E-state index contributed by atoms with van der Waals surface area (Å²) in [6, 6.07) is 23.7. The molecule has 1 saturated heterocycles. The summed E-state index contributed by atoms with van der Waals surface area (Å²) in [6.45, 7) is -1.06. The van der Waals surface area contributed by atoms with Crippen molar-refractivity contribution >= 4 is 66.5 Å². The Bertz CT molecular complexity index is 2590. The highest BCUT2D eigenvalue weighted by atomic mass is 35.5. The van der Waals surface area contributed by atoms with E-state index < -0.39 is 79.9 Å². The van der Waals surface area contributed by atoms with Crippen LogP contribution in [0.25, 0.3) is 0 Å². The van der Waals surface area contributed by atoms with Crippen molar-refractivity contribution in [2.75, 3.05) is 28.2 Å².